The molecule has 2 unspecified atom stereocenters. The van der Waals surface area contributed by atoms with E-state index in [0.717, 1.165) is 50.1 Å². The number of nitrogens with zero attached hydrogens (tertiary/aromatic N) is 3. The van der Waals surface area contributed by atoms with Gasteiger partial charge in [0.25, 0.3) is 0 Å². The summed E-state index contributed by atoms with van der Waals surface area (Å²) in [7, 11) is 0. The van der Waals surface area contributed by atoms with Crippen LogP contribution in [0.15, 0.2) is 30.6 Å². The van der Waals surface area contributed by atoms with E-state index < -0.39 is 0 Å². The van der Waals surface area contributed by atoms with Crippen molar-refractivity contribution in [1.29, 1.82) is 0 Å². The normalized spacial score (nSPS) is 22.6. The van der Waals surface area contributed by atoms with Crippen LogP contribution >= 0.6 is 11.6 Å². The number of rotatable bonds is 10. The smallest absolute Gasteiger partial charge is 0.225 e. The molecule has 2 heterocycles. The number of carbonyl (C=O) groups is 1. The molecule has 1 aromatic carbocycles. The zero-order chi connectivity index (χ0) is 25.6. The predicted molar refractivity (Wildman–Crippen MR) is 143 cm³/mol. The number of anilines is 1. The lowest BCUT2D eigenvalue weighted by atomic mass is 9.89. The SMILES string of the molecule is O=C(Cc1ccc(OCCC2CC2C2CCN(c3ncc(Cl)cn3)CC2)cc1F)NCC1CCCCC1. The van der Waals surface area contributed by atoms with Gasteiger partial charge in [0.1, 0.15) is 11.6 Å². The van der Waals surface area contributed by atoms with Crippen molar-refractivity contribution in [3.8, 4) is 5.75 Å². The number of hydrogen-bond donors (Lipinski definition) is 1. The lowest BCUT2D eigenvalue weighted by molar-refractivity contribution is -0.120. The number of piperidine rings is 1. The molecule has 0 spiro atoms. The Balaban J connectivity index is 0.988. The van der Waals surface area contributed by atoms with Crippen LogP contribution < -0.4 is 15.0 Å². The van der Waals surface area contributed by atoms with Crippen LogP contribution in [0.5, 0.6) is 5.75 Å². The Morgan fingerprint density at radius 1 is 1.11 bits per heavy atom. The van der Waals surface area contributed by atoms with Gasteiger partial charge in [-0.15, -0.1) is 0 Å². The number of benzene rings is 1. The first kappa shape index (κ1) is 26.2. The number of hydrogen-bond acceptors (Lipinski definition) is 5. The van der Waals surface area contributed by atoms with Gasteiger partial charge in [-0.05, 0) is 73.8 Å². The van der Waals surface area contributed by atoms with Crippen LogP contribution in [0.3, 0.4) is 0 Å². The molecule has 1 saturated heterocycles. The first-order chi connectivity index (χ1) is 18.0. The number of aromatic nitrogens is 2. The van der Waals surface area contributed by atoms with Gasteiger partial charge in [0.2, 0.25) is 11.9 Å². The highest BCUT2D eigenvalue weighted by Gasteiger charge is 2.43. The summed E-state index contributed by atoms with van der Waals surface area (Å²) in [6.07, 6.45) is 14.1. The van der Waals surface area contributed by atoms with Crippen molar-refractivity contribution in [2.75, 3.05) is 31.1 Å². The minimum absolute atomic E-state index is 0.0749. The van der Waals surface area contributed by atoms with Crippen molar-refractivity contribution in [3.05, 3.63) is 47.0 Å². The molecule has 3 aliphatic rings. The summed E-state index contributed by atoms with van der Waals surface area (Å²) in [4.78, 5) is 23.2. The quantitative estimate of drug-likeness (QED) is 0.420. The Morgan fingerprint density at radius 3 is 2.59 bits per heavy atom. The lowest BCUT2D eigenvalue weighted by Crippen LogP contribution is -2.35. The van der Waals surface area contributed by atoms with Gasteiger partial charge in [-0.3, -0.25) is 4.79 Å². The molecule has 1 N–H and O–H groups in total. The van der Waals surface area contributed by atoms with Crippen LogP contribution in [-0.4, -0.2) is 42.1 Å². The largest absolute Gasteiger partial charge is 0.493 e. The molecule has 2 saturated carbocycles. The van der Waals surface area contributed by atoms with E-state index in [1.807, 2.05) is 0 Å². The standard InChI is InChI=1S/C29H38ClFN4O2/c30-24-18-33-29(34-19-24)35-11-8-21(9-12-35)26-14-22(26)10-13-37-25-7-6-23(27(31)16-25)15-28(36)32-17-20-4-2-1-3-5-20/h6-7,16,18-22,26H,1-5,8-15,17H2,(H,32,36). The second-order valence-corrected chi connectivity index (χ2v) is 11.5. The number of carbonyl (C=O) groups excluding carboxylic acids is 1. The molecule has 3 fully saturated rings. The maximum absolute atomic E-state index is 14.6. The summed E-state index contributed by atoms with van der Waals surface area (Å²) >= 11 is 5.90. The van der Waals surface area contributed by atoms with Gasteiger partial charge in [0.05, 0.1) is 30.4 Å². The van der Waals surface area contributed by atoms with Crippen molar-refractivity contribution in [2.45, 2.75) is 64.2 Å². The van der Waals surface area contributed by atoms with Gasteiger partial charge < -0.3 is 15.0 Å². The van der Waals surface area contributed by atoms with Gasteiger partial charge in [0.15, 0.2) is 0 Å². The Bertz CT molecular complexity index is 1040. The molecule has 0 bridgehead atoms. The van der Waals surface area contributed by atoms with E-state index >= 15 is 0 Å². The number of ether oxygens (including phenoxy) is 1. The summed E-state index contributed by atoms with van der Waals surface area (Å²) in [5.74, 6) is 3.61. The molecule has 0 radical (unpaired) electrons. The zero-order valence-corrected chi connectivity index (χ0v) is 22.3. The molecule has 8 heteroatoms. The van der Waals surface area contributed by atoms with Gasteiger partial charge in [-0.1, -0.05) is 36.9 Å². The van der Waals surface area contributed by atoms with Crippen molar-refractivity contribution in [3.63, 3.8) is 0 Å². The molecular weight excluding hydrogens is 491 g/mol. The molecule has 1 aliphatic heterocycles. The summed E-state index contributed by atoms with van der Waals surface area (Å²) in [5.41, 5.74) is 0.422. The topological polar surface area (TPSA) is 67.3 Å². The van der Waals surface area contributed by atoms with E-state index in [9.17, 15) is 9.18 Å². The Labute approximate surface area is 224 Å². The Kier molecular flexibility index (Phi) is 8.80. The molecule has 1 aromatic heterocycles. The molecular formula is C29H38ClFN4O2. The van der Waals surface area contributed by atoms with Crippen LogP contribution in [0.4, 0.5) is 10.3 Å². The fourth-order valence-electron chi connectivity index (χ4n) is 6.15. The van der Waals surface area contributed by atoms with Gasteiger partial charge >= 0.3 is 0 Å². The van der Waals surface area contributed by atoms with E-state index in [1.165, 1.54) is 44.6 Å². The molecule has 2 aromatic rings. The predicted octanol–water partition coefficient (Wildman–Crippen LogP) is 5.83. The van der Waals surface area contributed by atoms with Gasteiger partial charge in [-0.2, -0.15) is 0 Å². The maximum Gasteiger partial charge on any atom is 0.225 e. The average Bonchev–Trinajstić information content (AvgIpc) is 3.70. The third-order valence-corrected chi connectivity index (χ3v) is 8.65. The monoisotopic (exact) mass is 528 g/mol. The van der Waals surface area contributed by atoms with Gasteiger partial charge in [-0.25, -0.2) is 14.4 Å². The second-order valence-electron chi connectivity index (χ2n) is 11.1. The Morgan fingerprint density at radius 2 is 1.86 bits per heavy atom. The molecule has 2 aliphatic carbocycles. The van der Waals surface area contributed by atoms with Crippen LogP contribution in [0.1, 0.15) is 63.4 Å². The number of halogens is 2. The van der Waals surface area contributed by atoms with Gasteiger partial charge in [0, 0.05) is 25.7 Å². The highest BCUT2D eigenvalue weighted by Crippen LogP contribution is 2.49. The van der Waals surface area contributed by atoms with E-state index in [4.69, 9.17) is 16.3 Å². The Hall–Kier alpha value is -2.41. The first-order valence-electron chi connectivity index (χ1n) is 14.0. The zero-order valence-electron chi connectivity index (χ0n) is 21.5. The fourth-order valence-corrected chi connectivity index (χ4v) is 6.25. The van der Waals surface area contributed by atoms with E-state index in [-0.39, 0.29) is 18.1 Å². The molecule has 2 atom stereocenters. The summed E-state index contributed by atoms with van der Waals surface area (Å²) < 4.78 is 20.5. The first-order valence-corrected chi connectivity index (χ1v) is 14.3. The minimum atomic E-state index is -0.369. The van der Waals surface area contributed by atoms with Crippen LogP contribution in [0, 0.1) is 29.5 Å². The summed E-state index contributed by atoms with van der Waals surface area (Å²) in [6, 6.07) is 4.89. The summed E-state index contributed by atoms with van der Waals surface area (Å²) in [6.45, 7) is 3.27. The highest BCUT2D eigenvalue weighted by atomic mass is 35.5. The van der Waals surface area contributed by atoms with Crippen LogP contribution in [0.2, 0.25) is 5.02 Å². The van der Waals surface area contributed by atoms with Crippen LogP contribution in [0.25, 0.3) is 0 Å². The highest BCUT2D eigenvalue weighted by molar-refractivity contribution is 6.30. The molecule has 37 heavy (non-hydrogen) atoms. The molecule has 1 amide bonds. The van der Waals surface area contributed by atoms with E-state index in [1.54, 1.807) is 24.5 Å². The van der Waals surface area contributed by atoms with E-state index in [2.05, 4.69) is 20.2 Å². The fraction of sp³-hybridized carbons (Fsp3) is 0.621. The third kappa shape index (κ3) is 7.34. The molecule has 200 valence electrons. The number of amides is 1. The molecule has 6 nitrogen and oxygen atoms in total. The second kappa shape index (κ2) is 12.4. The molecule has 5 rings (SSSR count). The van der Waals surface area contributed by atoms with Crippen LogP contribution in [-0.2, 0) is 11.2 Å². The minimum Gasteiger partial charge on any atom is -0.493 e. The van der Waals surface area contributed by atoms with Crippen molar-refractivity contribution in [2.24, 2.45) is 23.7 Å². The van der Waals surface area contributed by atoms with Crippen molar-refractivity contribution in [1.82, 2.24) is 15.3 Å². The maximum atomic E-state index is 14.6. The third-order valence-electron chi connectivity index (χ3n) is 8.46. The summed E-state index contributed by atoms with van der Waals surface area (Å²) in [5, 5.41) is 3.55. The van der Waals surface area contributed by atoms with Crippen molar-refractivity contribution < 1.29 is 13.9 Å². The number of nitrogens with one attached hydrogen (secondary N) is 1. The van der Waals surface area contributed by atoms with Crippen molar-refractivity contribution >= 4 is 23.5 Å². The van der Waals surface area contributed by atoms with E-state index in [0.29, 0.717) is 41.3 Å². The lowest BCUT2D eigenvalue weighted by Gasteiger charge is -2.32. The average molecular weight is 529 g/mol.